The van der Waals surface area contributed by atoms with Crippen molar-refractivity contribution in [3.8, 4) is 0 Å². The van der Waals surface area contributed by atoms with Crippen molar-refractivity contribution in [3.63, 3.8) is 0 Å². The van der Waals surface area contributed by atoms with Gasteiger partial charge in [-0.15, -0.1) is 0 Å². The van der Waals surface area contributed by atoms with Crippen LogP contribution in [0.2, 0.25) is 0 Å². The predicted molar refractivity (Wildman–Crippen MR) is 112 cm³/mol. The highest BCUT2D eigenvalue weighted by Crippen LogP contribution is 2.21. The Kier molecular flexibility index (Phi) is 7.02. The molecule has 2 aromatic carbocycles. The normalized spacial score (nSPS) is 15.6. The number of nitrogens with one attached hydrogen (secondary N) is 1. The Morgan fingerprint density at radius 3 is 2.37 bits per heavy atom. The Hall–Kier alpha value is -2.17. The number of benzene rings is 2. The average Bonchev–Trinajstić information content (AvgIpc) is 2.70. The molecule has 3 rings (SSSR count). The van der Waals surface area contributed by atoms with Gasteiger partial charge in [0.25, 0.3) is 0 Å². The van der Waals surface area contributed by atoms with E-state index >= 15 is 0 Å². The molecule has 1 aliphatic rings. The van der Waals surface area contributed by atoms with Crippen molar-refractivity contribution in [1.82, 2.24) is 9.80 Å². The van der Waals surface area contributed by atoms with Gasteiger partial charge in [0.1, 0.15) is 0 Å². The van der Waals surface area contributed by atoms with Crippen LogP contribution in [-0.4, -0.2) is 48.4 Å². The monoisotopic (exact) mass is 365 g/mol. The van der Waals surface area contributed by atoms with Gasteiger partial charge in [0.05, 0.1) is 0 Å². The second-order valence-corrected chi connectivity index (χ2v) is 7.36. The fourth-order valence-corrected chi connectivity index (χ4v) is 3.68. The van der Waals surface area contributed by atoms with Crippen LogP contribution in [0.15, 0.2) is 48.5 Å². The molecule has 0 spiro atoms. The molecule has 144 valence electrons. The van der Waals surface area contributed by atoms with Crippen molar-refractivity contribution in [3.05, 3.63) is 65.2 Å². The summed E-state index contributed by atoms with van der Waals surface area (Å²) in [6.07, 6.45) is 1.48. The SMILES string of the molecule is CCc1cccc(C)c1NC(=O)CCN1CCN(Cc2ccccc2)CC1. The van der Waals surface area contributed by atoms with Crippen LogP contribution in [0.3, 0.4) is 0 Å². The minimum atomic E-state index is 0.116. The lowest BCUT2D eigenvalue weighted by Gasteiger charge is -2.34. The molecule has 1 N–H and O–H groups in total. The minimum absolute atomic E-state index is 0.116. The number of hydrogen-bond acceptors (Lipinski definition) is 3. The summed E-state index contributed by atoms with van der Waals surface area (Å²) in [6.45, 7) is 10.2. The van der Waals surface area contributed by atoms with E-state index in [-0.39, 0.29) is 5.91 Å². The number of amides is 1. The number of piperazine rings is 1. The number of carbonyl (C=O) groups is 1. The van der Waals surface area contributed by atoms with Gasteiger partial charge in [-0.25, -0.2) is 0 Å². The first-order valence-corrected chi connectivity index (χ1v) is 10.0. The number of aryl methyl sites for hydroxylation is 2. The molecule has 0 atom stereocenters. The molecule has 0 aromatic heterocycles. The standard InChI is InChI=1S/C23H31N3O/c1-3-21-11-7-8-19(2)23(21)24-22(27)12-13-25-14-16-26(17-15-25)18-20-9-5-4-6-10-20/h4-11H,3,12-18H2,1-2H3,(H,24,27). The van der Waals surface area contributed by atoms with Crippen LogP contribution in [0.1, 0.15) is 30.0 Å². The van der Waals surface area contributed by atoms with Gasteiger partial charge in [0, 0.05) is 51.4 Å². The van der Waals surface area contributed by atoms with Gasteiger partial charge < -0.3 is 10.2 Å². The Balaban J connectivity index is 1.42. The Morgan fingerprint density at radius 1 is 0.963 bits per heavy atom. The molecule has 0 aliphatic carbocycles. The number of para-hydroxylation sites is 1. The first-order valence-electron chi connectivity index (χ1n) is 10.0. The second-order valence-electron chi connectivity index (χ2n) is 7.36. The molecule has 0 unspecified atom stereocenters. The van der Waals surface area contributed by atoms with Gasteiger partial charge in [-0.1, -0.05) is 55.5 Å². The molecule has 1 amide bonds. The van der Waals surface area contributed by atoms with Gasteiger partial charge >= 0.3 is 0 Å². The highest BCUT2D eigenvalue weighted by atomic mass is 16.1. The van der Waals surface area contributed by atoms with Gasteiger partial charge in [0.2, 0.25) is 5.91 Å². The van der Waals surface area contributed by atoms with Crippen LogP contribution in [-0.2, 0) is 17.8 Å². The summed E-state index contributed by atoms with van der Waals surface area (Å²) in [5, 5.41) is 3.13. The van der Waals surface area contributed by atoms with Gasteiger partial charge in [-0.2, -0.15) is 0 Å². The predicted octanol–water partition coefficient (Wildman–Crippen LogP) is 3.70. The van der Waals surface area contributed by atoms with Crippen LogP contribution < -0.4 is 5.32 Å². The van der Waals surface area contributed by atoms with Crippen molar-refractivity contribution in [2.24, 2.45) is 0 Å². The third kappa shape index (κ3) is 5.65. The zero-order valence-corrected chi connectivity index (χ0v) is 16.6. The van der Waals surface area contributed by atoms with Gasteiger partial charge in [-0.05, 0) is 30.0 Å². The smallest absolute Gasteiger partial charge is 0.225 e. The third-order valence-electron chi connectivity index (χ3n) is 5.37. The van der Waals surface area contributed by atoms with Crippen molar-refractivity contribution in [2.75, 3.05) is 38.0 Å². The van der Waals surface area contributed by atoms with Gasteiger partial charge in [-0.3, -0.25) is 9.69 Å². The van der Waals surface area contributed by atoms with Gasteiger partial charge in [0.15, 0.2) is 0 Å². The summed E-state index contributed by atoms with van der Waals surface area (Å²) in [7, 11) is 0. The zero-order valence-electron chi connectivity index (χ0n) is 16.6. The van der Waals surface area contributed by atoms with Crippen molar-refractivity contribution < 1.29 is 4.79 Å². The minimum Gasteiger partial charge on any atom is -0.326 e. The maximum atomic E-state index is 12.4. The van der Waals surface area contributed by atoms with Crippen LogP contribution >= 0.6 is 0 Å². The molecule has 27 heavy (non-hydrogen) atoms. The van der Waals surface area contributed by atoms with E-state index in [9.17, 15) is 4.79 Å². The van der Waals surface area contributed by atoms with E-state index in [4.69, 9.17) is 0 Å². The average molecular weight is 366 g/mol. The zero-order chi connectivity index (χ0) is 19.1. The molecule has 0 saturated carbocycles. The van der Waals surface area contributed by atoms with E-state index in [0.717, 1.165) is 56.9 Å². The number of carbonyl (C=O) groups excluding carboxylic acids is 1. The fourth-order valence-electron chi connectivity index (χ4n) is 3.68. The van der Waals surface area contributed by atoms with Crippen LogP contribution in [0.5, 0.6) is 0 Å². The highest BCUT2D eigenvalue weighted by Gasteiger charge is 2.18. The first kappa shape index (κ1) is 19.6. The summed E-state index contributed by atoms with van der Waals surface area (Å²) < 4.78 is 0. The largest absolute Gasteiger partial charge is 0.326 e. The Morgan fingerprint density at radius 2 is 1.67 bits per heavy atom. The molecule has 0 bridgehead atoms. The molecule has 1 saturated heterocycles. The lowest BCUT2D eigenvalue weighted by Crippen LogP contribution is -2.46. The summed E-state index contributed by atoms with van der Waals surface area (Å²) in [4.78, 5) is 17.3. The summed E-state index contributed by atoms with van der Waals surface area (Å²) in [5.74, 6) is 0.116. The molecule has 1 heterocycles. The Labute approximate surface area is 163 Å². The third-order valence-corrected chi connectivity index (χ3v) is 5.37. The molecule has 4 heteroatoms. The molecule has 0 radical (unpaired) electrons. The fraction of sp³-hybridized carbons (Fsp3) is 0.435. The van der Waals surface area contributed by atoms with E-state index in [1.165, 1.54) is 11.1 Å². The molecule has 4 nitrogen and oxygen atoms in total. The number of anilines is 1. The van der Waals surface area contributed by atoms with Crippen molar-refractivity contribution in [2.45, 2.75) is 33.2 Å². The lowest BCUT2D eigenvalue weighted by atomic mass is 10.1. The summed E-state index contributed by atoms with van der Waals surface area (Å²) >= 11 is 0. The van der Waals surface area contributed by atoms with Crippen molar-refractivity contribution in [1.29, 1.82) is 0 Å². The maximum Gasteiger partial charge on any atom is 0.225 e. The maximum absolute atomic E-state index is 12.4. The van der Waals surface area contributed by atoms with Crippen LogP contribution in [0, 0.1) is 6.92 Å². The Bertz CT molecular complexity index is 737. The van der Waals surface area contributed by atoms with E-state index in [2.05, 4.69) is 77.5 Å². The van der Waals surface area contributed by atoms with E-state index in [1.54, 1.807) is 0 Å². The van der Waals surface area contributed by atoms with Crippen LogP contribution in [0.25, 0.3) is 0 Å². The lowest BCUT2D eigenvalue weighted by molar-refractivity contribution is -0.116. The summed E-state index contributed by atoms with van der Waals surface area (Å²) in [6, 6.07) is 16.8. The molecule has 2 aromatic rings. The second kappa shape index (κ2) is 9.67. The number of rotatable bonds is 7. The highest BCUT2D eigenvalue weighted by molar-refractivity contribution is 5.92. The van der Waals surface area contributed by atoms with E-state index in [0.29, 0.717) is 6.42 Å². The van der Waals surface area contributed by atoms with Crippen LogP contribution in [0.4, 0.5) is 5.69 Å². The molecule has 1 fully saturated rings. The molecular formula is C23H31N3O. The summed E-state index contributed by atoms with van der Waals surface area (Å²) in [5.41, 5.74) is 4.71. The van der Waals surface area contributed by atoms with E-state index < -0.39 is 0 Å². The number of nitrogens with zero attached hydrogens (tertiary/aromatic N) is 2. The number of hydrogen-bond donors (Lipinski definition) is 1. The van der Waals surface area contributed by atoms with E-state index in [1.807, 2.05) is 0 Å². The molecule has 1 aliphatic heterocycles. The topological polar surface area (TPSA) is 35.6 Å². The quantitative estimate of drug-likeness (QED) is 0.813. The molecular weight excluding hydrogens is 334 g/mol. The first-order chi connectivity index (χ1) is 13.2. The van der Waals surface area contributed by atoms with Crippen molar-refractivity contribution >= 4 is 11.6 Å².